The third-order valence-corrected chi connectivity index (χ3v) is 6.38. The lowest BCUT2D eigenvalue weighted by Gasteiger charge is -2.31. The average Bonchev–Trinajstić information content (AvgIpc) is 3.46. The van der Waals surface area contributed by atoms with Gasteiger partial charge >= 0.3 is 0 Å². The minimum absolute atomic E-state index is 0.0276. The van der Waals surface area contributed by atoms with Crippen molar-refractivity contribution in [2.45, 2.75) is 18.9 Å². The molecule has 1 aliphatic heterocycles. The van der Waals surface area contributed by atoms with Gasteiger partial charge < -0.3 is 14.4 Å². The van der Waals surface area contributed by atoms with Crippen LogP contribution in [0.1, 0.15) is 23.3 Å². The van der Waals surface area contributed by atoms with E-state index in [-0.39, 0.29) is 12.0 Å². The first-order valence-electron chi connectivity index (χ1n) is 10.2. The lowest BCUT2D eigenvalue weighted by molar-refractivity contribution is 0.0590. The van der Waals surface area contributed by atoms with E-state index in [1.165, 1.54) is 11.3 Å². The number of piperidine rings is 1. The maximum absolute atomic E-state index is 12.9. The zero-order valence-corrected chi connectivity index (χ0v) is 17.9. The number of aromatic nitrogens is 3. The number of hydrogen-bond donors (Lipinski definition) is 1. The molecule has 7 nitrogen and oxygen atoms in total. The fraction of sp³-hybridized carbons (Fsp3) is 0.261. The monoisotopic (exact) mass is 434 g/mol. The van der Waals surface area contributed by atoms with Crippen LogP contribution in [0, 0.1) is 0 Å². The van der Waals surface area contributed by atoms with Gasteiger partial charge in [0.25, 0.3) is 11.1 Å². The number of methoxy groups -OCH3 is 1. The summed E-state index contributed by atoms with van der Waals surface area (Å²) in [5, 5.41) is 7.84. The first-order chi connectivity index (χ1) is 15.2. The third kappa shape index (κ3) is 4.11. The number of thiazole rings is 1. The molecule has 1 saturated heterocycles. The van der Waals surface area contributed by atoms with Crippen molar-refractivity contribution in [1.82, 2.24) is 20.1 Å². The van der Waals surface area contributed by atoms with E-state index < -0.39 is 0 Å². The summed E-state index contributed by atoms with van der Waals surface area (Å²) in [5.74, 6) is 0.755. The Labute approximate surface area is 183 Å². The Morgan fingerprint density at radius 3 is 2.71 bits per heavy atom. The van der Waals surface area contributed by atoms with Crippen LogP contribution < -0.4 is 9.47 Å². The maximum atomic E-state index is 12.9. The molecule has 0 aliphatic carbocycles. The van der Waals surface area contributed by atoms with Crippen LogP contribution in [0.5, 0.6) is 10.9 Å². The van der Waals surface area contributed by atoms with Gasteiger partial charge in [0.2, 0.25) is 0 Å². The fourth-order valence-corrected chi connectivity index (χ4v) is 4.60. The largest absolute Gasteiger partial charge is 0.497 e. The second kappa shape index (κ2) is 8.39. The second-order valence-corrected chi connectivity index (χ2v) is 8.45. The quantitative estimate of drug-likeness (QED) is 0.504. The van der Waals surface area contributed by atoms with E-state index in [4.69, 9.17) is 9.47 Å². The Bertz CT molecular complexity index is 1200. The Kier molecular flexibility index (Phi) is 5.30. The number of carbonyl (C=O) groups is 1. The van der Waals surface area contributed by atoms with Gasteiger partial charge in [0, 0.05) is 37.6 Å². The van der Waals surface area contributed by atoms with Crippen molar-refractivity contribution in [1.29, 1.82) is 0 Å². The van der Waals surface area contributed by atoms with Gasteiger partial charge in [-0.3, -0.25) is 9.89 Å². The van der Waals surface area contributed by atoms with Crippen molar-refractivity contribution in [3.05, 3.63) is 60.3 Å². The molecule has 0 saturated carbocycles. The summed E-state index contributed by atoms with van der Waals surface area (Å²) >= 11 is 1.53. The standard InChI is InChI=1S/C23H22N4O3S/c1-29-17-7-8-21-19(13-17)24-23(31-21)30-16-9-11-27(12-10-16)22(28)20-14-18(25-26-20)15-5-3-2-4-6-15/h2-8,13-14,16H,9-12H2,1H3,(H,25,26). The molecule has 2 aromatic carbocycles. The number of carbonyl (C=O) groups excluding carboxylic acids is 1. The minimum atomic E-state index is -0.0276. The van der Waals surface area contributed by atoms with E-state index in [9.17, 15) is 4.79 Å². The van der Waals surface area contributed by atoms with E-state index in [0.717, 1.165) is 40.1 Å². The molecule has 0 bridgehead atoms. The van der Waals surface area contributed by atoms with Gasteiger partial charge in [-0.15, -0.1) is 0 Å². The number of nitrogens with one attached hydrogen (secondary N) is 1. The lowest BCUT2D eigenvalue weighted by Crippen LogP contribution is -2.41. The number of ether oxygens (including phenoxy) is 2. The van der Waals surface area contributed by atoms with Gasteiger partial charge in [-0.2, -0.15) is 5.10 Å². The van der Waals surface area contributed by atoms with Crippen molar-refractivity contribution in [2.75, 3.05) is 20.2 Å². The number of fused-ring (bicyclic) bond motifs is 1. The van der Waals surface area contributed by atoms with Crippen molar-refractivity contribution in [3.63, 3.8) is 0 Å². The molecule has 1 fully saturated rings. The average molecular weight is 435 g/mol. The molecule has 5 rings (SSSR count). The smallest absolute Gasteiger partial charge is 0.274 e. The molecule has 1 N–H and O–H groups in total. The van der Waals surface area contributed by atoms with Crippen molar-refractivity contribution in [2.24, 2.45) is 0 Å². The zero-order chi connectivity index (χ0) is 21.2. The molecule has 4 aromatic rings. The number of benzene rings is 2. The molecule has 1 aliphatic rings. The SMILES string of the molecule is COc1ccc2sc(OC3CCN(C(=O)c4cc(-c5ccccc5)n[nH]4)CC3)nc2c1. The summed E-state index contributed by atoms with van der Waals surface area (Å²) in [6.07, 6.45) is 1.59. The second-order valence-electron chi connectivity index (χ2n) is 7.46. The van der Waals surface area contributed by atoms with Gasteiger partial charge in [-0.25, -0.2) is 4.98 Å². The summed E-state index contributed by atoms with van der Waals surface area (Å²) in [7, 11) is 1.64. The van der Waals surface area contributed by atoms with Crippen LogP contribution in [0.2, 0.25) is 0 Å². The number of aromatic amines is 1. The Hall–Kier alpha value is -3.39. The van der Waals surface area contributed by atoms with Crippen LogP contribution in [-0.4, -0.2) is 52.3 Å². The van der Waals surface area contributed by atoms with Crippen LogP contribution in [-0.2, 0) is 0 Å². The normalized spacial score (nSPS) is 14.7. The van der Waals surface area contributed by atoms with E-state index in [2.05, 4.69) is 15.2 Å². The van der Waals surface area contributed by atoms with Crippen molar-refractivity contribution < 1.29 is 14.3 Å². The summed E-state index contributed by atoms with van der Waals surface area (Å²) in [6.45, 7) is 1.28. The summed E-state index contributed by atoms with van der Waals surface area (Å²) in [5.41, 5.74) is 3.15. The van der Waals surface area contributed by atoms with Gasteiger partial charge in [-0.1, -0.05) is 41.7 Å². The first kappa shape index (κ1) is 19.6. The number of likely N-dealkylation sites (tertiary alicyclic amines) is 1. The molecule has 0 spiro atoms. The number of amides is 1. The predicted octanol–water partition coefficient (Wildman–Crippen LogP) is 4.38. The third-order valence-electron chi connectivity index (χ3n) is 5.45. The van der Waals surface area contributed by atoms with Crippen molar-refractivity contribution in [3.8, 4) is 22.2 Å². The van der Waals surface area contributed by atoms with Crippen LogP contribution in [0.25, 0.3) is 21.5 Å². The van der Waals surface area contributed by atoms with E-state index in [1.807, 2.05) is 59.5 Å². The molecule has 0 radical (unpaired) electrons. The van der Waals surface area contributed by atoms with Gasteiger partial charge in [0.15, 0.2) is 0 Å². The summed E-state index contributed by atoms with van der Waals surface area (Å²) < 4.78 is 12.4. The highest BCUT2D eigenvalue weighted by Crippen LogP contribution is 2.32. The molecule has 0 atom stereocenters. The Morgan fingerprint density at radius 2 is 1.94 bits per heavy atom. The van der Waals surface area contributed by atoms with Crippen LogP contribution >= 0.6 is 11.3 Å². The topological polar surface area (TPSA) is 80.3 Å². The Balaban J connectivity index is 1.19. The number of H-pyrrole nitrogens is 1. The zero-order valence-electron chi connectivity index (χ0n) is 17.1. The lowest BCUT2D eigenvalue weighted by atomic mass is 10.1. The summed E-state index contributed by atoms with van der Waals surface area (Å²) in [4.78, 5) is 19.3. The first-order valence-corrected chi connectivity index (χ1v) is 11.0. The Morgan fingerprint density at radius 1 is 1.13 bits per heavy atom. The molecule has 3 heterocycles. The van der Waals surface area contributed by atoms with Crippen LogP contribution in [0.4, 0.5) is 0 Å². The van der Waals surface area contributed by atoms with E-state index >= 15 is 0 Å². The van der Waals surface area contributed by atoms with Gasteiger partial charge in [0.05, 0.1) is 23.0 Å². The molecule has 158 valence electrons. The minimum Gasteiger partial charge on any atom is -0.497 e. The number of nitrogens with zero attached hydrogens (tertiary/aromatic N) is 3. The fourth-order valence-electron chi connectivity index (χ4n) is 3.74. The molecular weight excluding hydrogens is 412 g/mol. The van der Waals surface area contributed by atoms with Crippen LogP contribution in [0.15, 0.2) is 54.6 Å². The van der Waals surface area contributed by atoms with Gasteiger partial charge in [-0.05, 0) is 18.2 Å². The highest BCUT2D eigenvalue weighted by atomic mass is 32.1. The highest BCUT2D eigenvalue weighted by molar-refractivity contribution is 7.20. The molecular formula is C23H22N4O3S. The molecule has 8 heteroatoms. The molecule has 2 aromatic heterocycles. The van der Waals surface area contributed by atoms with Gasteiger partial charge in [0.1, 0.15) is 17.5 Å². The molecule has 31 heavy (non-hydrogen) atoms. The molecule has 0 unspecified atom stereocenters. The number of hydrogen-bond acceptors (Lipinski definition) is 6. The molecule has 1 amide bonds. The van der Waals surface area contributed by atoms with E-state index in [1.54, 1.807) is 7.11 Å². The maximum Gasteiger partial charge on any atom is 0.274 e. The van der Waals surface area contributed by atoms with E-state index in [0.29, 0.717) is 24.0 Å². The predicted molar refractivity (Wildman–Crippen MR) is 120 cm³/mol. The van der Waals surface area contributed by atoms with Crippen LogP contribution in [0.3, 0.4) is 0 Å². The highest BCUT2D eigenvalue weighted by Gasteiger charge is 2.26. The number of rotatable bonds is 5. The summed E-state index contributed by atoms with van der Waals surface area (Å²) in [6, 6.07) is 17.5. The van der Waals surface area contributed by atoms with Crippen molar-refractivity contribution >= 4 is 27.5 Å².